The van der Waals surface area contributed by atoms with E-state index in [1.807, 2.05) is 0 Å². The molecule has 0 fully saturated rings. The van der Waals surface area contributed by atoms with Gasteiger partial charge in [-0.2, -0.15) is 13.2 Å². The molecule has 0 aliphatic rings. The molecule has 4 nitrogen and oxygen atoms in total. The lowest BCUT2D eigenvalue weighted by Gasteiger charge is -2.28. The van der Waals surface area contributed by atoms with E-state index in [-0.39, 0.29) is 12.8 Å². The summed E-state index contributed by atoms with van der Waals surface area (Å²) in [6.45, 7) is 4.08. The van der Waals surface area contributed by atoms with Gasteiger partial charge >= 0.3 is 18.1 Å². The molecule has 19 heavy (non-hydrogen) atoms. The van der Waals surface area contributed by atoms with Crippen LogP contribution in [0.1, 0.15) is 40.0 Å². The third-order valence-corrected chi connectivity index (χ3v) is 3.22. The van der Waals surface area contributed by atoms with E-state index in [0.29, 0.717) is 0 Å². The fourth-order valence-electron chi connectivity index (χ4n) is 1.66. The maximum absolute atomic E-state index is 12.3. The summed E-state index contributed by atoms with van der Waals surface area (Å²) in [6, 6.07) is 0. The Morgan fingerprint density at radius 2 is 1.63 bits per heavy atom. The van der Waals surface area contributed by atoms with Crippen LogP contribution in [0, 0.1) is 5.41 Å². The molecule has 0 saturated heterocycles. The Bertz CT molecular complexity index is 321. The zero-order valence-electron chi connectivity index (χ0n) is 11.5. The molecular weight excluding hydrogens is 265 g/mol. The predicted octanol–water partition coefficient (Wildman–Crippen LogP) is 2.85. The third kappa shape index (κ3) is 4.72. The van der Waals surface area contributed by atoms with Crippen molar-refractivity contribution < 1.29 is 32.2 Å². The lowest BCUT2D eigenvalue weighted by atomic mass is 9.79. The van der Waals surface area contributed by atoms with Crippen molar-refractivity contribution in [2.24, 2.45) is 5.41 Å². The van der Waals surface area contributed by atoms with Crippen molar-refractivity contribution in [1.29, 1.82) is 0 Å². The number of carbonyl (C=O) groups excluding carboxylic acids is 2. The third-order valence-electron chi connectivity index (χ3n) is 3.22. The first-order valence-corrected chi connectivity index (χ1v) is 5.97. The van der Waals surface area contributed by atoms with E-state index in [9.17, 15) is 22.8 Å². The largest absolute Gasteiger partial charge is 0.469 e. The van der Waals surface area contributed by atoms with E-state index in [1.165, 1.54) is 7.11 Å². The van der Waals surface area contributed by atoms with Crippen molar-refractivity contribution in [3.05, 3.63) is 0 Å². The molecule has 0 aliphatic carbocycles. The average molecular weight is 284 g/mol. The van der Waals surface area contributed by atoms with E-state index >= 15 is 0 Å². The number of esters is 2. The second-order valence-electron chi connectivity index (χ2n) is 4.33. The Morgan fingerprint density at radius 3 is 1.95 bits per heavy atom. The maximum Gasteiger partial charge on any atom is 0.425 e. The van der Waals surface area contributed by atoms with Gasteiger partial charge in [0, 0.05) is 0 Å². The van der Waals surface area contributed by atoms with Gasteiger partial charge in [-0.15, -0.1) is 0 Å². The van der Waals surface area contributed by atoms with Gasteiger partial charge in [0.25, 0.3) is 0 Å². The van der Waals surface area contributed by atoms with Crippen LogP contribution < -0.4 is 0 Å². The summed E-state index contributed by atoms with van der Waals surface area (Å²) in [5.41, 5.74) is -1.13. The quantitative estimate of drug-likeness (QED) is 0.704. The van der Waals surface area contributed by atoms with Crippen molar-refractivity contribution in [2.45, 2.75) is 52.3 Å². The summed E-state index contributed by atoms with van der Waals surface area (Å²) >= 11 is 0. The van der Waals surface area contributed by atoms with E-state index in [4.69, 9.17) is 0 Å². The Hall–Kier alpha value is -1.27. The normalized spacial score (nSPS) is 13.8. The van der Waals surface area contributed by atoms with E-state index in [1.54, 1.807) is 13.8 Å². The standard InChI is InChI=1S/C12H19F3O4/c1-5-11(6-2,10(17)18-4)7-9(16)19-8(3)12(13,14)15/h8H,5-7H2,1-4H3. The molecule has 0 rings (SSSR count). The Labute approximate surface area is 110 Å². The smallest absolute Gasteiger partial charge is 0.425 e. The van der Waals surface area contributed by atoms with Gasteiger partial charge in [-0.1, -0.05) is 13.8 Å². The molecule has 0 aliphatic heterocycles. The van der Waals surface area contributed by atoms with Crippen molar-refractivity contribution >= 4 is 11.9 Å². The van der Waals surface area contributed by atoms with Gasteiger partial charge < -0.3 is 9.47 Å². The second kappa shape index (κ2) is 6.77. The first-order valence-electron chi connectivity index (χ1n) is 5.97. The summed E-state index contributed by atoms with van der Waals surface area (Å²) in [7, 11) is 1.17. The van der Waals surface area contributed by atoms with E-state index < -0.39 is 36.1 Å². The summed E-state index contributed by atoms with van der Waals surface area (Å²) in [5, 5.41) is 0. The highest BCUT2D eigenvalue weighted by molar-refractivity contribution is 5.83. The molecule has 0 amide bonds. The average Bonchev–Trinajstić information content (AvgIpc) is 2.33. The molecule has 0 N–H and O–H groups in total. The fraction of sp³-hybridized carbons (Fsp3) is 0.833. The van der Waals surface area contributed by atoms with E-state index in [0.717, 1.165) is 6.92 Å². The van der Waals surface area contributed by atoms with Crippen LogP contribution in [0.5, 0.6) is 0 Å². The lowest BCUT2D eigenvalue weighted by molar-refractivity contribution is -0.217. The van der Waals surface area contributed by atoms with Crippen LogP contribution in [0.15, 0.2) is 0 Å². The Kier molecular flexibility index (Phi) is 6.32. The lowest BCUT2D eigenvalue weighted by Crippen LogP contribution is -2.37. The van der Waals surface area contributed by atoms with Gasteiger partial charge in [-0.05, 0) is 19.8 Å². The summed E-state index contributed by atoms with van der Waals surface area (Å²) in [5.74, 6) is -1.67. The predicted molar refractivity (Wildman–Crippen MR) is 61.3 cm³/mol. The molecular formula is C12H19F3O4. The molecule has 0 spiro atoms. The zero-order valence-corrected chi connectivity index (χ0v) is 11.5. The van der Waals surface area contributed by atoms with Crippen molar-refractivity contribution in [3.63, 3.8) is 0 Å². The molecule has 1 unspecified atom stereocenters. The van der Waals surface area contributed by atoms with Gasteiger partial charge in [0.05, 0.1) is 18.9 Å². The van der Waals surface area contributed by atoms with Crippen molar-refractivity contribution in [3.8, 4) is 0 Å². The van der Waals surface area contributed by atoms with Crippen LogP contribution in [0.4, 0.5) is 13.2 Å². The SMILES string of the molecule is CCC(CC)(CC(=O)OC(C)C(F)(F)F)C(=O)OC. The first kappa shape index (κ1) is 17.7. The minimum Gasteiger partial charge on any atom is -0.469 e. The molecule has 1 atom stereocenters. The highest BCUT2D eigenvalue weighted by Crippen LogP contribution is 2.33. The van der Waals surface area contributed by atoms with Gasteiger partial charge in [-0.25, -0.2) is 0 Å². The minimum atomic E-state index is -4.61. The Morgan fingerprint density at radius 1 is 1.16 bits per heavy atom. The van der Waals surface area contributed by atoms with Crippen LogP contribution in [-0.4, -0.2) is 31.3 Å². The number of halogens is 3. The molecule has 0 bridgehead atoms. The van der Waals surface area contributed by atoms with Gasteiger partial charge in [0.15, 0.2) is 6.10 Å². The van der Waals surface area contributed by atoms with E-state index in [2.05, 4.69) is 9.47 Å². The van der Waals surface area contributed by atoms with Crippen LogP contribution in [0.3, 0.4) is 0 Å². The molecule has 0 aromatic rings. The topological polar surface area (TPSA) is 52.6 Å². The Balaban J connectivity index is 4.80. The maximum atomic E-state index is 12.3. The molecule has 0 heterocycles. The van der Waals surface area contributed by atoms with Crippen LogP contribution in [0.25, 0.3) is 0 Å². The molecule has 112 valence electrons. The number of carbonyl (C=O) groups is 2. The molecule has 0 radical (unpaired) electrons. The van der Waals surface area contributed by atoms with Crippen LogP contribution in [0.2, 0.25) is 0 Å². The second-order valence-corrected chi connectivity index (χ2v) is 4.33. The number of alkyl halides is 3. The molecule has 7 heteroatoms. The number of methoxy groups -OCH3 is 1. The monoisotopic (exact) mass is 284 g/mol. The number of ether oxygens (including phenoxy) is 2. The van der Waals surface area contributed by atoms with Crippen molar-refractivity contribution in [1.82, 2.24) is 0 Å². The summed E-state index contributed by atoms with van der Waals surface area (Å²) in [4.78, 5) is 23.2. The summed E-state index contributed by atoms with van der Waals surface area (Å²) in [6.07, 6.45) is -6.66. The molecule has 0 aromatic carbocycles. The van der Waals surface area contributed by atoms with Crippen LogP contribution >= 0.6 is 0 Å². The number of hydrogen-bond donors (Lipinski definition) is 0. The first-order chi connectivity index (χ1) is 8.62. The molecule has 0 saturated carbocycles. The minimum absolute atomic E-state index is 0.283. The van der Waals surface area contributed by atoms with Gasteiger partial charge in [0.1, 0.15) is 0 Å². The van der Waals surface area contributed by atoms with Gasteiger partial charge in [0.2, 0.25) is 0 Å². The van der Waals surface area contributed by atoms with Gasteiger partial charge in [-0.3, -0.25) is 9.59 Å². The zero-order chi connectivity index (χ0) is 15.3. The van der Waals surface area contributed by atoms with Crippen molar-refractivity contribution in [2.75, 3.05) is 7.11 Å². The highest BCUT2D eigenvalue weighted by atomic mass is 19.4. The number of hydrogen-bond acceptors (Lipinski definition) is 4. The number of rotatable bonds is 6. The summed E-state index contributed by atoms with van der Waals surface area (Å²) < 4.78 is 45.7. The highest BCUT2D eigenvalue weighted by Gasteiger charge is 2.43. The molecule has 0 aromatic heterocycles. The fourth-order valence-corrected chi connectivity index (χ4v) is 1.66. The van der Waals surface area contributed by atoms with Crippen LogP contribution in [-0.2, 0) is 19.1 Å².